The van der Waals surface area contributed by atoms with Crippen molar-refractivity contribution in [2.75, 3.05) is 31.2 Å². The molecule has 2 aromatic carbocycles. The minimum absolute atomic E-state index is 0.00104. The molecule has 0 spiro atoms. The molecule has 5 rings (SSSR count). The maximum atomic E-state index is 13.2. The van der Waals surface area contributed by atoms with Gasteiger partial charge in [-0.3, -0.25) is 4.79 Å². The summed E-state index contributed by atoms with van der Waals surface area (Å²) >= 11 is 1.57. The molecule has 2 aliphatic carbocycles. The number of hydrogen-bond acceptors (Lipinski definition) is 5. The third kappa shape index (κ3) is 4.76. The zero-order valence-corrected chi connectivity index (χ0v) is 20.3. The number of ether oxygens (including phenoxy) is 1. The number of carboxylic acids is 1. The van der Waals surface area contributed by atoms with Crippen molar-refractivity contribution in [2.45, 2.75) is 31.2 Å². The standard InChI is InChI=1S/C27H30N2O5S/c30-25(29-12-13-35-16-24(29)26(31)32)18-11-5-6-17(18)14-28-27(33)34-15-23-21-9-3-1-7-19(21)20-8-2-4-10-22(20)23/h1-4,7-10,17-18,23-24H,5-6,11-16H2,(H,28,33)(H,31,32). The van der Waals surface area contributed by atoms with Gasteiger partial charge >= 0.3 is 12.1 Å². The van der Waals surface area contributed by atoms with Crippen LogP contribution in [0.25, 0.3) is 11.1 Å². The summed E-state index contributed by atoms with van der Waals surface area (Å²) in [5.74, 6) is -0.118. The number of nitrogens with one attached hydrogen (secondary N) is 1. The molecule has 0 aromatic heterocycles. The summed E-state index contributed by atoms with van der Waals surface area (Å²) in [5, 5.41) is 12.4. The predicted octanol–water partition coefficient (Wildman–Crippen LogP) is 3.97. The number of carbonyl (C=O) groups is 3. The Balaban J connectivity index is 1.17. The lowest BCUT2D eigenvalue weighted by atomic mass is 9.94. The molecule has 7 nitrogen and oxygen atoms in total. The first kappa shape index (κ1) is 23.7. The average Bonchev–Trinajstić information content (AvgIpc) is 3.48. The third-order valence-electron chi connectivity index (χ3n) is 7.53. The van der Waals surface area contributed by atoms with E-state index in [1.54, 1.807) is 11.8 Å². The number of nitrogens with zero attached hydrogens (tertiary/aromatic N) is 1. The van der Waals surface area contributed by atoms with Crippen LogP contribution in [0.1, 0.15) is 36.3 Å². The number of hydrogen-bond donors (Lipinski definition) is 2. The van der Waals surface area contributed by atoms with Gasteiger partial charge in [-0.05, 0) is 41.0 Å². The third-order valence-corrected chi connectivity index (χ3v) is 8.55. The Morgan fingerprint density at radius 2 is 1.71 bits per heavy atom. The second-order valence-corrected chi connectivity index (χ2v) is 10.6. The van der Waals surface area contributed by atoms with Gasteiger partial charge in [0.2, 0.25) is 5.91 Å². The maximum absolute atomic E-state index is 13.2. The van der Waals surface area contributed by atoms with E-state index in [1.165, 1.54) is 16.0 Å². The molecule has 3 aliphatic rings. The molecule has 0 radical (unpaired) electrons. The summed E-state index contributed by atoms with van der Waals surface area (Å²) in [6, 6.07) is 15.6. The lowest BCUT2D eigenvalue weighted by Gasteiger charge is -2.35. The van der Waals surface area contributed by atoms with Gasteiger partial charge in [0.15, 0.2) is 0 Å². The number of rotatable bonds is 6. The van der Waals surface area contributed by atoms with E-state index in [1.807, 2.05) is 24.3 Å². The largest absolute Gasteiger partial charge is 0.480 e. The summed E-state index contributed by atoms with van der Waals surface area (Å²) in [6.45, 7) is 1.07. The zero-order chi connectivity index (χ0) is 24.4. The van der Waals surface area contributed by atoms with Gasteiger partial charge in [-0.15, -0.1) is 0 Å². The first-order valence-corrected chi connectivity index (χ1v) is 13.4. The predicted molar refractivity (Wildman–Crippen MR) is 134 cm³/mol. The second-order valence-electron chi connectivity index (χ2n) is 9.46. The van der Waals surface area contributed by atoms with Crippen molar-refractivity contribution in [1.29, 1.82) is 0 Å². The molecule has 1 saturated heterocycles. The molecular formula is C27H30N2O5S. The summed E-state index contributed by atoms with van der Waals surface area (Å²) in [5.41, 5.74) is 4.69. The van der Waals surface area contributed by atoms with Gasteiger partial charge in [-0.25, -0.2) is 9.59 Å². The Kier molecular flexibility index (Phi) is 7.00. The van der Waals surface area contributed by atoms with Crippen LogP contribution in [0.3, 0.4) is 0 Å². The summed E-state index contributed by atoms with van der Waals surface area (Å²) in [7, 11) is 0. The van der Waals surface area contributed by atoms with Crippen molar-refractivity contribution in [3.8, 4) is 11.1 Å². The monoisotopic (exact) mass is 494 g/mol. The summed E-state index contributed by atoms with van der Waals surface area (Å²) in [4.78, 5) is 39.0. The highest BCUT2D eigenvalue weighted by Gasteiger charge is 2.40. The Hall–Kier alpha value is -3.00. The molecule has 8 heteroatoms. The lowest BCUT2D eigenvalue weighted by Crippen LogP contribution is -2.53. The topological polar surface area (TPSA) is 95.9 Å². The molecule has 1 heterocycles. The van der Waals surface area contributed by atoms with Gasteiger partial charge in [-0.1, -0.05) is 55.0 Å². The first-order chi connectivity index (χ1) is 17.0. The van der Waals surface area contributed by atoms with E-state index in [9.17, 15) is 19.5 Å². The average molecular weight is 495 g/mol. The SMILES string of the molecule is O=C(NCC1CCCC1C(=O)N1CCSCC1C(=O)O)OCC1c2ccccc2-c2ccccc21. The molecule has 184 valence electrons. The lowest BCUT2D eigenvalue weighted by molar-refractivity contribution is -0.151. The van der Waals surface area contributed by atoms with E-state index in [0.29, 0.717) is 18.8 Å². The number of aliphatic carboxylic acids is 1. The number of amides is 2. The molecule has 0 bridgehead atoms. The van der Waals surface area contributed by atoms with Crippen LogP contribution < -0.4 is 5.32 Å². The highest BCUT2D eigenvalue weighted by atomic mass is 32.2. The molecule has 3 unspecified atom stereocenters. The highest BCUT2D eigenvalue weighted by molar-refractivity contribution is 7.99. The van der Waals surface area contributed by atoms with Crippen LogP contribution in [-0.4, -0.2) is 65.2 Å². The van der Waals surface area contributed by atoms with Gasteiger partial charge in [0, 0.05) is 36.4 Å². The molecule has 2 aromatic rings. The van der Waals surface area contributed by atoms with E-state index in [2.05, 4.69) is 29.6 Å². The van der Waals surface area contributed by atoms with Crippen molar-refractivity contribution in [1.82, 2.24) is 10.2 Å². The van der Waals surface area contributed by atoms with Crippen molar-refractivity contribution < 1.29 is 24.2 Å². The van der Waals surface area contributed by atoms with Gasteiger partial charge in [0.05, 0.1) is 0 Å². The smallest absolute Gasteiger partial charge is 0.407 e. The quantitative estimate of drug-likeness (QED) is 0.631. The van der Waals surface area contributed by atoms with E-state index in [4.69, 9.17) is 4.74 Å². The number of carboxylic acid groups (broad SMARTS) is 1. The van der Waals surface area contributed by atoms with E-state index >= 15 is 0 Å². The summed E-state index contributed by atoms with van der Waals surface area (Å²) in [6.07, 6.45) is 1.97. The van der Waals surface area contributed by atoms with Gasteiger partial charge in [0.25, 0.3) is 0 Å². The Labute approximate surface area is 209 Å². The van der Waals surface area contributed by atoms with E-state index < -0.39 is 18.1 Å². The van der Waals surface area contributed by atoms with Crippen molar-refractivity contribution >= 4 is 29.7 Å². The Morgan fingerprint density at radius 3 is 2.40 bits per heavy atom. The normalized spacial score (nSPS) is 23.4. The van der Waals surface area contributed by atoms with Crippen LogP contribution in [0.5, 0.6) is 0 Å². The molecule has 3 atom stereocenters. The molecule has 1 saturated carbocycles. The van der Waals surface area contributed by atoms with Crippen LogP contribution >= 0.6 is 11.8 Å². The van der Waals surface area contributed by atoms with Crippen molar-refractivity contribution in [2.24, 2.45) is 11.8 Å². The fourth-order valence-electron chi connectivity index (χ4n) is 5.76. The minimum atomic E-state index is -0.947. The number of fused-ring (bicyclic) bond motifs is 3. The minimum Gasteiger partial charge on any atom is -0.480 e. The number of alkyl carbamates (subject to hydrolysis) is 1. The summed E-state index contributed by atoms with van der Waals surface area (Å²) < 4.78 is 5.63. The first-order valence-electron chi connectivity index (χ1n) is 12.2. The van der Waals surface area contributed by atoms with Crippen LogP contribution in [0.4, 0.5) is 4.79 Å². The number of carbonyl (C=O) groups excluding carboxylic acids is 2. The van der Waals surface area contributed by atoms with Crippen LogP contribution in [-0.2, 0) is 14.3 Å². The van der Waals surface area contributed by atoms with Gasteiger partial charge in [0.1, 0.15) is 12.6 Å². The maximum Gasteiger partial charge on any atom is 0.407 e. The molecule has 2 fully saturated rings. The number of thioether (sulfide) groups is 1. The van der Waals surface area contributed by atoms with Crippen molar-refractivity contribution in [3.05, 3.63) is 59.7 Å². The van der Waals surface area contributed by atoms with Gasteiger partial charge < -0.3 is 20.1 Å². The van der Waals surface area contributed by atoms with Crippen molar-refractivity contribution in [3.63, 3.8) is 0 Å². The van der Waals surface area contributed by atoms with Crippen LogP contribution in [0.15, 0.2) is 48.5 Å². The molecule has 2 N–H and O–H groups in total. The van der Waals surface area contributed by atoms with Gasteiger partial charge in [-0.2, -0.15) is 11.8 Å². The molecule has 2 amide bonds. The number of benzene rings is 2. The highest BCUT2D eigenvalue weighted by Crippen LogP contribution is 2.44. The molecule has 1 aliphatic heterocycles. The Bertz CT molecular complexity index is 1080. The van der Waals surface area contributed by atoms with Crippen LogP contribution in [0.2, 0.25) is 0 Å². The fraction of sp³-hybridized carbons (Fsp3) is 0.444. The Morgan fingerprint density at radius 1 is 1.03 bits per heavy atom. The fourth-order valence-corrected chi connectivity index (χ4v) is 6.79. The van der Waals surface area contributed by atoms with E-state index in [0.717, 1.165) is 36.1 Å². The molecular weight excluding hydrogens is 464 g/mol. The molecule has 35 heavy (non-hydrogen) atoms. The second kappa shape index (κ2) is 10.3. The zero-order valence-electron chi connectivity index (χ0n) is 19.5. The van der Waals surface area contributed by atoms with E-state index in [-0.39, 0.29) is 30.3 Å². The van der Waals surface area contributed by atoms with Crippen LogP contribution in [0, 0.1) is 11.8 Å².